The monoisotopic (exact) mass is 318 g/mol. The minimum absolute atomic E-state index is 0. The van der Waals surface area contributed by atoms with Crippen molar-refractivity contribution < 1.29 is 4.74 Å². The first-order valence-electron chi connectivity index (χ1n) is 7.04. The molecule has 0 spiro atoms. The molecule has 1 aromatic rings. The van der Waals surface area contributed by atoms with E-state index in [9.17, 15) is 0 Å². The van der Waals surface area contributed by atoms with Gasteiger partial charge in [-0.3, -0.25) is 4.90 Å². The highest BCUT2D eigenvalue weighted by atomic mass is 35.5. The molecule has 0 radical (unpaired) electrons. The number of nitrogens with one attached hydrogen (secondary N) is 1. The van der Waals surface area contributed by atoms with Gasteiger partial charge in [0.15, 0.2) is 0 Å². The van der Waals surface area contributed by atoms with Crippen molar-refractivity contribution in [3.05, 3.63) is 28.8 Å². The van der Waals surface area contributed by atoms with Gasteiger partial charge in [-0.2, -0.15) is 0 Å². The molecule has 20 heavy (non-hydrogen) atoms. The van der Waals surface area contributed by atoms with E-state index < -0.39 is 0 Å². The average Bonchev–Trinajstić information content (AvgIpc) is 2.43. The van der Waals surface area contributed by atoms with Crippen LogP contribution < -0.4 is 10.1 Å². The number of piperidine rings is 1. The fourth-order valence-corrected chi connectivity index (χ4v) is 2.91. The molecule has 1 atom stereocenters. The number of ether oxygens (including phenoxy) is 1. The molecule has 0 saturated carbocycles. The van der Waals surface area contributed by atoms with Gasteiger partial charge in [0, 0.05) is 24.7 Å². The molecule has 1 unspecified atom stereocenters. The Morgan fingerprint density at radius 3 is 2.95 bits per heavy atom. The van der Waals surface area contributed by atoms with Gasteiger partial charge in [-0.05, 0) is 39.4 Å². The third kappa shape index (κ3) is 4.52. The molecular formula is C15H24Cl2N2O. The van der Waals surface area contributed by atoms with E-state index in [0.29, 0.717) is 17.7 Å². The van der Waals surface area contributed by atoms with Gasteiger partial charge in [-0.1, -0.05) is 23.7 Å². The van der Waals surface area contributed by atoms with Crippen LogP contribution in [0.1, 0.15) is 25.3 Å². The molecule has 1 aliphatic heterocycles. The first-order valence-corrected chi connectivity index (χ1v) is 7.42. The smallest absolute Gasteiger partial charge is 0.142 e. The molecule has 1 aliphatic rings. The number of likely N-dealkylation sites (tertiary alicyclic amines) is 1. The Balaban J connectivity index is 0.00000200. The summed E-state index contributed by atoms with van der Waals surface area (Å²) in [7, 11) is 2.04. The molecule has 0 amide bonds. The zero-order chi connectivity index (χ0) is 13.7. The van der Waals surface area contributed by atoms with Crippen molar-refractivity contribution in [2.24, 2.45) is 0 Å². The largest absolute Gasteiger partial charge is 0.492 e. The lowest BCUT2D eigenvalue weighted by Gasteiger charge is -2.32. The predicted octanol–water partition coefficient (Wildman–Crippen LogP) is 3.34. The van der Waals surface area contributed by atoms with Gasteiger partial charge in [0.2, 0.25) is 0 Å². The second-order valence-corrected chi connectivity index (χ2v) is 5.43. The van der Waals surface area contributed by atoms with Crippen LogP contribution in [-0.4, -0.2) is 37.7 Å². The number of likely N-dealkylation sites (N-methyl/N-ethyl adjacent to an activating group) is 1. The summed E-state index contributed by atoms with van der Waals surface area (Å²) in [6.45, 7) is 5.79. The molecule has 0 aromatic heterocycles. The van der Waals surface area contributed by atoms with E-state index in [2.05, 4.69) is 16.3 Å². The van der Waals surface area contributed by atoms with Crippen molar-refractivity contribution in [1.82, 2.24) is 10.2 Å². The first kappa shape index (κ1) is 17.6. The van der Waals surface area contributed by atoms with Crippen molar-refractivity contribution in [2.45, 2.75) is 32.4 Å². The minimum Gasteiger partial charge on any atom is -0.492 e. The van der Waals surface area contributed by atoms with Crippen LogP contribution in [0.4, 0.5) is 0 Å². The molecule has 1 aromatic carbocycles. The summed E-state index contributed by atoms with van der Waals surface area (Å²) in [5.74, 6) is 0.846. The summed E-state index contributed by atoms with van der Waals surface area (Å²) in [4.78, 5) is 2.47. The highest BCUT2D eigenvalue weighted by Crippen LogP contribution is 2.30. The maximum atomic E-state index is 6.23. The molecular weight excluding hydrogens is 295 g/mol. The first-order chi connectivity index (χ1) is 9.24. The molecule has 1 fully saturated rings. The number of halogens is 2. The van der Waals surface area contributed by atoms with Gasteiger partial charge < -0.3 is 10.1 Å². The zero-order valence-corrected chi connectivity index (χ0v) is 13.8. The van der Waals surface area contributed by atoms with E-state index in [1.54, 1.807) is 0 Å². The number of hydrogen-bond acceptors (Lipinski definition) is 3. The minimum atomic E-state index is 0. The zero-order valence-electron chi connectivity index (χ0n) is 12.2. The molecule has 1 N–H and O–H groups in total. The van der Waals surface area contributed by atoms with Crippen molar-refractivity contribution in [3.8, 4) is 5.75 Å². The number of hydrogen-bond donors (Lipinski definition) is 1. The third-order valence-electron chi connectivity index (χ3n) is 3.64. The quantitative estimate of drug-likeness (QED) is 0.901. The predicted molar refractivity (Wildman–Crippen MR) is 87.2 cm³/mol. The lowest BCUT2D eigenvalue weighted by Crippen LogP contribution is -2.43. The van der Waals surface area contributed by atoms with E-state index in [-0.39, 0.29) is 12.4 Å². The Hall–Kier alpha value is -0.480. The number of nitrogens with zero attached hydrogens (tertiary/aromatic N) is 1. The summed E-state index contributed by atoms with van der Waals surface area (Å²) >= 11 is 6.23. The Kier molecular flexibility index (Phi) is 7.67. The van der Waals surface area contributed by atoms with Crippen LogP contribution in [0.25, 0.3) is 0 Å². The van der Waals surface area contributed by atoms with Gasteiger partial charge in [0.25, 0.3) is 0 Å². The van der Waals surface area contributed by atoms with Crippen molar-refractivity contribution in [2.75, 3.05) is 26.7 Å². The lowest BCUT2D eigenvalue weighted by molar-refractivity contribution is 0.185. The van der Waals surface area contributed by atoms with Gasteiger partial charge >= 0.3 is 0 Å². The number of rotatable bonds is 5. The summed E-state index contributed by atoms with van der Waals surface area (Å²) in [5, 5.41) is 4.08. The van der Waals surface area contributed by atoms with Crippen LogP contribution in [0.5, 0.6) is 5.75 Å². The fourth-order valence-electron chi connectivity index (χ4n) is 2.66. The van der Waals surface area contributed by atoms with Crippen LogP contribution >= 0.6 is 24.0 Å². The Bertz CT molecular complexity index is 415. The Labute approximate surface area is 133 Å². The van der Waals surface area contributed by atoms with Crippen LogP contribution in [0, 0.1) is 0 Å². The van der Waals surface area contributed by atoms with Crippen LogP contribution in [0.2, 0.25) is 5.02 Å². The molecule has 114 valence electrons. The highest BCUT2D eigenvalue weighted by Gasteiger charge is 2.20. The standard InChI is InChI=1S/C15H23ClN2O.ClH/c1-3-19-15-12(6-4-8-14(15)16)10-18-9-5-7-13(11-18)17-2;/h4,6,8,13,17H,3,5,7,9-11H2,1-2H3;1H. The molecule has 3 nitrogen and oxygen atoms in total. The molecule has 0 aliphatic carbocycles. The maximum Gasteiger partial charge on any atom is 0.142 e. The SMILES string of the molecule is CCOc1c(Cl)cccc1CN1CCCC(NC)C1.Cl. The van der Waals surface area contributed by atoms with E-state index >= 15 is 0 Å². The average molecular weight is 319 g/mol. The fraction of sp³-hybridized carbons (Fsp3) is 0.600. The van der Waals surface area contributed by atoms with E-state index in [1.807, 2.05) is 26.1 Å². The van der Waals surface area contributed by atoms with Crippen molar-refractivity contribution >= 4 is 24.0 Å². The van der Waals surface area contributed by atoms with Crippen molar-refractivity contribution in [3.63, 3.8) is 0 Å². The summed E-state index contributed by atoms with van der Waals surface area (Å²) < 4.78 is 5.69. The summed E-state index contributed by atoms with van der Waals surface area (Å²) in [6, 6.07) is 6.60. The topological polar surface area (TPSA) is 24.5 Å². The maximum absolute atomic E-state index is 6.23. The number of para-hydroxylation sites is 1. The molecule has 1 saturated heterocycles. The van der Waals surface area contributed by atoms with Gasteiger partial charge in [0.1, 0.15) is 5.75 Å². The van der Waals surface area contributed by atoms with Crippen LogP contribution in [0.15, 0.2) is 18.2 Å². The van der Waals surface area contributed by atoms with Crippen molar-refractivity contribution in [1.29, 1.82) is 0 Å². The summed E-state index contributed by atoms with van der Waals surface area (Å²) in [5.41, 5.74) is 1.19. The normalized spacial score (nSPS) is 19.4. The molecule has 0 bridgehead atoms. The van der Waals surface area contributed by atoms with Crippen LogP contribution in [-0.2, 0) is 6.54 Å². The van der Waals surface area contributed by atoms with Gasteiger partial charge in [0.05, 0.1) is 11.6 Å². The molecule has 5 heteroatoms. The lowest BCUT2D eigenvalue weighted by atomic mass is 10.0. The van der Waals surface area contributed by atoms with E-state index in [4.69, 9.17) is 16.3 Å². The highest BCUT2D eigenvalue weighted by molar-refractivity contribution is 6.32. The van der Waals surface area contributed by atoms with E-state index in [1.165, 1.54) is 18.4 Å². The molecule has 2 rings (SSSR count). The Morgan fingerprint density at radius 1 is 1.45 bits per heavy atom. The van der Waals surface area contributed by atoms with Gasteiger partial charge in [-0.25, -0.2) is 0 Å². The number of benzene rings is 1. The van der Waals surface area contributed by atoms with Crippen LogP contribution in [0.3, 0.4) is 0 Å². The second-order valence-electron chi connectivity index (χ2n) is 5.02. The second kappa shape index (κ2) is 8.73. The third-order valence-corrected chi connectivity index (χ3v) is 3.94. The van der Waals surface area contributed by atoms with E-state index in [0.717, 1.165) is 25.4 Å². The van der Waals surface area contributed by atoms with Gasteiger partial charge in [-0.15, -0.1) is 12.4 Å². The Morgan fingerprint density at radius 2 is 2.25 bits per heavy atom. The summed E-state index contributed by atoms with van der Waals surface area (Å²) in [6.07, 6.45) is 2.51. The molecule has 1 heterocycles.